The summed E-state index contributed by atoms with van der Waals surface area (Å²) in [4.78, 5) is 0. The van der Waals surface area contributed by atoms with Crippen LogP contribution in [0.15, 0.2) is 42.5 Å². The molecule has 4 nitrogen and oxygen atoms in total. The van der Waals surface area contributed by atoms with Gasteiger partial charge in [0.15, 0.2) is 0 Å². The first-order valence-corrected chi connectivity index (χ1v) is 10.4. The van der Waals surface area contributed by atoms with Crippen LogP contribution in [-0.4, -0.2) is 31.0 Å². The lowest BCUT2D eigenvalue weighted by molar-refractivity contribution is 0.198. The summed E-state index contributed by atoms with van der Waals surface area (Å²) in [6, 6.07) is 14.8. The maximum Gasteiger partial charge on any atom is 0.122 e. The van der Waals surface area contributed by atoms with Crippen molar-refractivity contribution in [2.75, 3.05) is 20.3 Å². The molecule has 0 spiro atoms. The van der Waals surface area contributed by atoms with Crippen LogP contribution in [0.3, 0.4) is 0 Å². The molecule has 2 aromatic carbocycles. The van der Waals surface area contributed by atoms with Crippen molar-refractivity contribution >= 4 is 0 Å². The van der Waals surface area contributed by atoms with Crippen LogP contribution in [0.5, 0.6) is 11.5 Å². The number of aryl methyl sites for hydroxylation is 1. The number of fused-ring (bicyclic) bond motifs is 1. The molecule has 0 radical (unpaired) electrons. The molecule has 1 unspecified atom stereocenters. The molecule has 3 N–H and O–H groups in total. The third-order valence-corrected chi connectivity index (χ3v) is 6.52. The van der Waals surface area contributed by atoms with Gasteiger partial charge in [-0.05, 0) is 79.2 Å². The SMILES string of the molecule is COc1cccc(OCC2CCc3cc([C@H]4CC[C@](N)(CO)C4)ccc3C2)c1. The van der Waals surface area contributed by atoms with Crippen molar-refractivity contribution in [2.45, 2.75) is 50.0 Å². The molecular formula is C24H31NO3. The van der Waals surface area contributed by atoms with E-state index in [1.807, 2.05) is 24.3 Å². The van der Waals surface area contributed by atoms with Crippen molar-refractivity contribution in [1.29, 1.82) is 0 Å². The summed E-state index contributed by atoms with van der Waals surface area (Å²) in [5.74, 6) is 2.73. The fourth-order valence-corrected chi connectivity index (χ4v) is 4.74. The van der Waals surface area contributed by atoms with Crippen LogP contribution < -0.4 is 15.2 Å². The molecule has 0 heterocycles. The maximum atomic E-state index is 9.53. The number of rotatable bonds is 6. The Morgan fingerprint density at radius 2 is 1.96 bits per heavy atom. The Kier molecular flexibility index (Phi) is 5.61. The Labute approximate surface area is 167 Å². The fraction of sp³-hybridized carbons (Fsp3) is 0.500. The molecule has 4 rings (SSSR count). The molecular weight excluding hydrogens is 350 g/mol. The Hall–Kier alpha value is -2.04. The van der Waals surface area contributed by atoms with E-state index in [1.165, 1.54) is 16.7 Å². The third kappa shape index (κ3) is 4.18. The standard InChI is InChI=1S/C24H31NO3/c1-27-22-3-2-4-23(13-22)28-15-17-5-6-19-12-20(8-7-18(19)11-17)21-9-10-24(25,14-21)16-26/h2-4,7-8,12-13,17,21,26H,5-6,9-11,14-16,25H2,1H3/t17?,21-,24+/m0/s1. The molecule has 0 aliphatic heterocycles. The molecule has 2 aliphatic carbocycles. The monoisotopic (exact) mass is 381 g/mol. The second-order valence-corrected chi connectivity index (χ2v) is 8.59. The summed E-state index contributed by atoms with van der Waals surface area (Å²) < 4.78 is 11.3. The third-order valence-electron chi connectivity index (χ3n) is 6.52. The second kappa shape index (κ2) is 8.14. The average Bonchev–Trinajstić information content (AvgIpc) is 3.14. The zero-order chi connectivity index (χ0) is 19.6. The van der Waals surface area contributed by atoms with Gasteiger partial charge in [-0.1, -0.05) is 24.3 Å². The highest BCUT2D eigenvalue weighted by atomic mass is 16.5. The van der Waals surface area contributed by atoms with Gasteiger partial charge < -0.3 is 20.3 Å². The molecule has 2 aliphatic rings. The van der Waals surface area contributed by atoms with E-state index in [4.69, 9.17) is 15.2 Å². The highest BCUT2D eigenvalue weighted by Gasteiger charge is 2.36. The van der Waals surface area contributed by atoms with E-state index in [0.29, 0.717) is 11.8 Å². The minimum Gasteiger partial charge on any atom is -0.497 e. The van der Waals surface area contributed by atoms with Crippen LogP contribution >= 0.6 is 0 Å². The molecule has 1 fully saturated rings. The summed E-state index contributed by atoms with van der Waals surface area (Å²) in [6.07, 6.45) is 6.21. The highest BCUT2D eigenvalue weighted by molar-refractivity contribution is 5.37. The van der Waals surface area contributed by atoms with Gasteiger partial charge in [0.1, 0.15) is 11.5 Å². The van der Waals surface area contributed by atoms with Crippen molar-refractivity contribution in [3.05, 3.63) is 59.2 Å². The number of aliphatic hydroxyl groups excluding tert-OH is 1. The first-order chi connectivity index (χ1) is 13.6. The predicted molar refractivity (Wildman–Crippen MR) is 111 cm³/mol. The van der Waals surface area contributed by atoms with Gasteiger partial charge in [-0.15, -0.1) is 0 Å². The van der Waals surface area contributed by atoms with E-state index in [-0.39, 0.29) is 12.1 Å². The van der Waals surface area contributed by atoms with Crippen molar-refractivity contribution in [2.24, 2.45) is 11.7 Å². The van der Waals surface area contributed by atoms with E-state index in [1.54, 1.807) is 7.11 Å². The summed E-state index contributed by atoms with van der Waals surface area (Å²) in [7, 11) is 1.67. The molecule has 3 atom stereocenters. The predicted octanol–water partition coefficient (Wildman–Crippen LogP) is 3.84. The van der Waals surface area contributed by atoms with Crippen molar-refractivity contribution in [3.8, 4) is 11.5 Å². The maximum absolute atomic E-state index is 9.53. The summed E-state index contributed by atoms with van der Waals surface area (Å²) >= 11 is 0. The second-order valence-electron chi connectivity index (χ2n) is 8.59. The average molecular weight is 382 g/mol. The molecule has 0 amide bonds. The highest BCUT2D eigenvalue weighted by Crippen LogP contribution is 2.40. The smallest absolute Gasteiger partial charge is 0.122 e. The number of hydrogen-bond acceptors (Lipinski definition) is 4. The minimum atomic E-state index is -0.386. The summed E-state index contributed by atoms with van der Waals surface area (Å²) in [6.45, 7) is 0.826. The number of ether oxygens (including phenoxy) is 2. The lowest BCUT2D eigenvalue weighted by Crippen LogP contribution is -2.40. The number of nitrogens with two attached hydrogens (primary N) is 1. The Morgan fingerprint density at radius 1 is 1.11 bits per heavy atom. The first-order valence-electron chi connectivity index (χ1n) is 10.4. The minimum absolute atomic E-state index is 0.0867. The molecule has 150 valence electrons. The number of aliphatic hydroxyl groups is 1. The van der Waals surface area contributed by atoms with Gasteiger partial charge in [0.2, 0.25) is 0 Å². The summed E-state index contributed by atoms with van der Waals surface area (Å²) in [5.41, 5.74) is 10.2. The van der Waals surface area contributed by atoms with E-state index in [9.17, 15) is 5.11 Å². The van der Waals surface area contributed by atoms with E-state index in [2.05, 4.69) is 18.2 Å². The Bertz CT molecular complexity index is 821. The van der Waals surface area contributed by atoms with Crippen LogP contribution in [0.1, 0.15) is 48.3 Å². The zero-order valence-corrected chi connectivity index (χ0v) is 16.7. The molecule has 4 heteroatoms. The van der Waals surface area contributed by atoms with Crippen LogP contribution in [0.4, 0.5) is 0 Å². The van der Waals surface area contributed by atoms with E-state index < -0.39 is 0 Å². The summed E-state index contributed by atoms with van der Waals surface area (Å²) in [5, 5.41) is 9.53. The number of methoxy groups -OCH3 is 1. The van der Waals surface area contributed by atoms with Gasteiger partial charge in [-0.2, -0.15) is 0 Å². The van der Waals surface area contributed by atoms with Crippen LogP contribution in [-0.2, 0) is 12.8 Å². The topological polar surface area (TPSA) is 64.7 Å². The van der Waals surface area contributed by atoms with E-state index in [0.717, 1.165) is 56.6 Å². The van der Waals surface area contributed by atoms with Crippen molar-refractivity contribution in [1.82, 2.24) is 0 Å². The lowest BCUT2D eigenvalue weighted by Gasteiger charge is -2.26. The largest absolute Gasteiger partial charge is 0.497 e. The van der Waals surface area contributed by atoms with Gasteiger partial charge in [-0.3, -0.25) is 0 Å². The van der Waals surface area contributed by atoms with Crippen LogP contribution in [0.2, 0.25) is 0 Å². The molecule has 0 aromatic heterocycles. The molecule has 1 saturated carbocycles. The fourth-order valence-electron chi connectivity index (χ4n) is 4.74. The quantitative estimate of drug-likeness (QED) is 0.798. The van der Waals surface area contributed by atoms with Crippen molar-refractivity contribution < 1.29 is 14.6 Å². The Morgan fingerprint density at radius 3 is 2.75 bits per heavy atom. The lowest BCUT2D eigenvalue weighted by atomic mass is 9.82. The van der Waals surface area contributed by atoms with Crippen molar-refractivity contribution in [3.63, 3.8) is 0 Å². The molecule has 2 aromatic rings. The Balaban J connectivity index is 1.37. The molecule has 28 heavy (non-hydrogen) atoms. The normalized spacial score (nSPS) is 26.7. The van der Waals surface area contributed by atoms with Gasteiger partial charge in [0.25, 0.3) is 0 Å². The number of benzene rings is 2. The van der Waals surface area contributed by atoms with Crippen LogP contribution in [0.25, 0.3) is 0 Å². The molecule has 0 saturated heterocycles. The van der Waals surface area contributed by atoms with Crippen LogP contribution in [0, 0.1) is 5.92 Å². The number of hydrogen-bond donors (Lipinski definition) is 2. The van der Waals surface area contributed by atoms with Gasteiger partial charge in [0, 0.05) is 11.6 Å². The van der Waals surface area contributed by atoms with Gasteiger partial charge in [-0.25, -0.2) is 0 Å². The first kappa shape index (κ1) is 19.3. The van der Waals surface area contributed by atoms with E-state index >= 15 is 0 Å². The van der Waals surface area contributed by atoms with Gasteiger partial charge in [0.05, 0.1) is 20.3 Å². The zero-order valence-electron chi connectivity index (χ0n) is 16.7. The van der Waals surface area contributed by atoms with Gasteiger partial charge >= 0.3 is 0 Å². The molecule has 0 bridgehead atoms.